The highest BCUT2D eigenvalue weighted by Gasteiger charge is 2.36. The molecule has 2 atom stereocenters. The molecule has 0 radical (unpaired) electrons. The van der Waals surface area contributed by atoms with Gasteiger partial charge in [-0.05, 0) is 26.7 Å². The monoisotopic (exact) mass is 183 g/mol. The summed E-state index contributed by atoms with van der Waals surface area (Å²) in [7, 11) is 0. The first-order valence-electron chi connectivity index (χ1n) is 5.17. The van der Waals surface area contributed by atoms with Gasteiger partial charge in [0.1, 0.15) is 0 Å². The van der Waals surface area contributed by atoms with Gasteiger partial charge in [0.15, 0.2) is 0 Å². The van der Waals surface area contributed by atoms with E-state index >= 15 is 0 Å². The lowest BCUT2D eigenvalue weighted by Gasteiger charge is -2.32. The van der Waals surface area contributed by atoms with E-state index in [1.165, 1.54) is 0 Å². The Morgan fingerprint density at radius 3 is 1.85 bits per heavy atom. The molecule has 0 saturated carbocycles. The Morgan fingerprint density at radius 2 is 1.54 bits per heavy atom. The molecule has 1 aliphatic heterocycles. The minimum atomic E-state index is -0.229. The molecule has 1 amide bonds. The lowest BCUT2D eigenvalue weighted by molar-refractivity contribution is -0.141. The van der Waals surface area contributed by atoms with Gasteiger partial charge in [-0.1, -0.05) is 20.8 Å². The first-order chi connectivity index (χ1) is 5.84. The van der Waals surface area contributed by atoms with Crippen LogP contribution >= 0.6 is 0 Å². The van der Waals surface area contributed by atoms with Gasteiger partial charge in [-0.15, -0.1) is 0 Å². The Bertz CT molecular complexity index is 195. The van der Waals surface area contributed by atoms with E-state index in [0.717, 1.165) is 12.8 Å². The smallest absolute Gasteiger partial charge is 0.228 e. The third-order valence-corrected chi connectivity index (χ3v) is 2.83. The summed E-state index contributed by atoms with van der Waals surface area (Å²) >= 11 is 0. The van der Waals surface area contributed by atoms with Crippen LogP contribution in [0.5, 0.6) is 0 Å². The van der Waals surface area contributed by atoms with Crippen LogP contribution in [-0.2, 0) is 4.79 Å². The second-order valence-corrected chi connectivity index (χ2v) is 5.24. The molecular formula is C11H21NO. The average molecular weight is 183 g/mol. The van der Waals surface area contributed by atoms with Crippen LogP contribution in [0.25, 0.3) is 0 Å². The minimum Gasteiger partial charge on any atom is -0.337 e. The van der Waals surface area contributed by atoms with Crippen molar-refractivity contribution >= 4 is 5.91 Å². The largest absolute Gasteiger partial charge is 0.337 e. The molecule has 76 valence electrons. The maximum absolute atomic E-state index is 12.0. The minimum absolute atomic E-state index is 0.229. The molecule has 0 unspecified atom stereocenters. The SMILES string of the molecule is C[C@@H]1CC[C@@H](C)N1C(=O)C(C)(C)C. The van der Waals surface area contributed by atoms with E-state index in [0.29, 0.717) is 18.0 Å². The molecule has 2 heteroatoms. The molecule has 13 heavy (non-hydrogen) atoms. The number of hydrogen-bond acceptors (Lipinski definition) is 1. The second-order valence-electron chi connectivity index (χ2n) is 5.24. The lowest BCUT2D eigenvalue weighted by atomic mass is 9.94. The summed E-state index contributed by atoms with van der Waals surface area (Å²) in [5.74, 6) is 0.296. The highest BCUT2D eigenvalue weighted by atomic mass is 16.2. The van der Waals surface area contributed by atoms with Gasteiger partial charge in [-0.2, -0.15) is 0 Å². The number of hydrogen-bond donors (Lipinski definition) is 0. The van der Waals surface area contributed by atoms with E-state index in [9.17, 15) is 4.79 Å². The number of carbonyl (C=O) groups excluding carboxylic acids is 1. The van der Waals surface area contributed by atoms with Crippen LogP contribution < -0.4 is 0 Å². The lowest BCUT2D eigenvalue weighted by Crippen LogP contribution is -2.44. The molecule has 0 bridgehead atoms. The normalized spacial score (nSPS) is 29.5. The Kier molecular flexibility index (Phi) is 2.69. The first kappa shape index (κ1) is 10.6. The van der Waals surface area contributed by atoms with E-state index in [1.807, 2.05) is 20.8 Å². The molecule has 0 N–H and O–H groups in total. The zero-order valence-electron chi connectivity index (χ0n) is 9.42. The Balaban J connectivity index is 2.76. The van der Waals surface area contributed by atoms with Gasteiger partial charge in [-0.25, -0.2) is 0 Å². The topological polar surface area (TPSA) is 20.3 Å². The highest BCUT2D eigenvalue weighted by molar-refractivity contribution is 5.82. The van der Waals surface area contributed by atoms with Crippen LogP contribution in [0.1, 0.15) is 47.5 Å². The first-order valence-corrected chi connectivity index (χ1v) is 5.17. The zero-order chi connectivity index (χ0) is 10.2. The fourth-order valence-corrected chi connectivity index (χ4v) is 1.98. The van der Waals surface area contributed by atoms with E-state index < -0.39 is 0 Å². The van der Waals surface area contributed by atoms with Gasteiger partial charge in [0.25, 0.3) is 0 Å². The van der Waals surface area contributed by atoms with Crippen LogP contribution in [0.3, 0.4) is 0 Å². The van der Waals surface area contributed by atoms with Crippen LogP contribution in [0.15, 0.2) is 0 Å². The van der Waals surface area contributed by atoms with Crippen LogP contribution in [-0.4, -0.2) is 22.9 Å². The predicted molar refractivity (Wildman–Crippen MR) is 54.5 cm³/mol. The third-order valence-electron chi connectivity index (χ3n) is 2.83. The van der Waals surface area contributed by atoms with Crippen molar-refractivity contribution in [2.24, 2.45) is 5.41 Å². The summed E-state index contributed by atoms with van der Waals surface area (Å²) in [6.07, 6.45) is 2.31. The molecule has 0 aromatic rings. The van der Waals surface area contributed by atoms with Gasteiger partial charge in [0.05, 0.1) is 0 Å². The van der Waals surface area contributed by atoms with Crippen molar-refractivity contribution < 1.29 is 4.79 Å². The molecule has 2 nitrogen and oxygen atoms in total. The zero-order valence-corrected chi connectivity index (χ0v) is 9.42. The maximum Gasteiger partial charge on any atom is 0.228 e. The molecule has 1 saturated heterocycles. The van der Waals surface area contributed by atoms with Gasteiger partial charge in [-0.3, -0.25) is 4.79 Å². The summed E-state index contributed by atoms with van der Waals surface area (Å²) in [6.45, 7) is 10.3. The predicted octanol–water partition coefficient (Wildman–Crippen LogP) is 2.43. The highest BCUT2D eigenvalue weighted by Crippen LogP contribution is 2.29. The number of carbonyl (C=O) groups is 1. The fraction of sp³-hybridized carbons (Fsp3) is 0.909. The van der Waals surface area contributed by atoms with Crippen LogP contribution in [0, 0.1) is 5.41 Å². The maximum atomic E-state index is 12.0. The molecule has 0 aliphatic carbocycles. The molecule has 1 rings (SSSR count). The van der Waals surface area contributed by atoms with Gasteiger partial charge in [0.2, 0.25) is 5.91 Å². The number of likely N-dealkylation sites (tertiary alicyclic amines) is 1. The number of rotatable bonds is 0. The third kappa shape index (κ3) is 2.04. The van der Waals surface area contributed by atoms with Crippen molar-refractivity contribution in [1.29, 1.82) is 0 Å². The van der Waals surface area contributed by atoms with Crippen LogP contribution in [0.2, 0.25) is 0 Å². The fourth-order valence-electron chi connectivity index (χ4n) is 1.98. The summed E-state index contributed by atoms with van der Waals surface area (Å²) in [5, 5.41) is 0. The summed E-state index contributed by atoms with van der Waals surface area (Å²) < 4.78 is 0. The van der Waals surface area contributed by atoms with Gasteiger partial charge < -0.3 is 4.90 Å². The van der Waals surface area contributed by atoms with Gasteiger partial charge >= 0.3 is 0 Å². The molecule has 1 aliphatic rings. The summed E-state index contributed by atoms with van der Waals surface area (Å²) in [4.78, 5) is 14.1. The van der Waals surface area contributed by atoms with E-state index in [2.05, 4.69) is 18.7 Å². The molecule has 1 fully saturated rings. The Labute approximate surface area is 81.3 Å². The Hall–Kier alpha value is -0.530. The second kappa shape index (κ2) is 3.32. The molecule has 0 aromatic carbocycles. The van der Waals surface area contributed by atoms with E-state index in [4.69, 9.17) is 0 Å². The van der Waals surface area contributed by atoms with Crippen molar-refractivity contribution in [3.05, 3.63) is 0 Å². The number of nitrogens with zero attached hydrogens (tertiary/aromatic N) is 1. The summed E-state index contributed by atoms with van der Waals surface area (Å²) in [5.41, 5.74) is -0.229. The average Bonchev–Trinajstić information content (AvgIpc) is 2.28. The van der Waals surface area contributed by atoms with Gasteiger partial charge in [0, 0.05) is 17.5 Å². The van der Waals surface area contributed by atoms with Crippen molar-refractivity contribution in [3.63, 3.8) is 0 Å². The van der Waals surface area contributed by atoms with Crippen molar-refractivity contribution in [3.8, 4) is 0 Å². The molecule has 0 spiro atoms. The van der Waals surface area contributed by atoms with Crippen molar-refractivity contribution in [2.75, 3.05) is 0 Å². The molecule has 0 aromatic heterocycles. The summed E-state index contributed by atoms with van der Waals surface area (Å²) in [6, 6.07) is 0.864. The Morgan fingerprint density at radius 1 is 1.15 bits per heavy atom. The van der Waals surface area contributed by atoms with Crippen molar-refractivity contribution in [1.82, 2.24) is 4.90 Å². The quantitative estimate of drug-likeness (QED) is 0.565. The molecular weight excluding hydrogens is 162 g/mol. The van der Waals surface area contributed by atoms with E-state index in [1.54, 1.807) is 0 Å². The molecule has 1 heterocycles. The standard InChI is InChI=1S/C11H21NO/c1-8-6-7-9(2)12(8)10(13)11(3,4)5/h8-9H,6-7H2,1-5H3/t8-,9-/m1/s1. The van der Waals surface area contributed by atoms with E-state index in [-0.39, 0.29) is 5.41 Å². The number of amides is 1. The van der Waals surface area contributed by atoms with Crippen molar-refractivity contribution in [2.45, 2.75) is 59.5 Å². The van der Waals surface area contributed by atoms with Crippen LogP contribution in [0.4, 0.5) is 0 Å².